The highest BCUT2D eigenvalue weighted by Gasteiger charge is 2.23. The molecule has 3 rings (SSSR count). The van der Waals surface area contributed by atoms with E-state index >= 15 is 0 Å². The van der Waals surface area contributed by atoms with Gasteiger partial charge in [0.2, 0.25) is 0 Å². The summed E-state index contributed by atoms with van der Waals surface area (Å²) in [6.45, 7) is 0.806. The highest BCUT2D eigenvalue weighted by Crippen LogP contribution is 2.28. The summed E-state index contributed by atoms with van der Waals surface area (Å²) in [5.41, 5.74) is 3.04. The topological polar surface area (TPSA) is 21.3 Å². The third kappa shape index (κ3) is 3.79. The molecule has 0 amide bonds. The maximum atomic E-state index is 6.12. The van der Waals surface area contributed by atoms with Crippen LogP contribution >= 0.6 is 0 Å². The van der Waals surface area contributed by atoms with Crippen molar-refractivity contribution in [3.05, 3.63) is 29.3 Å². The zero-order chi connectivity index (χ0) is 14.5. The van der Waals surface area contributed by atoms with Crippen LogP contribution < -0.4 is 10.1 Å². The first kappa shape index (κ1) is 14.9. The number of fused-ring (bicyclic) bond motifs is 1. The first-order chi connectivity index (χ1) is 10.4. The standard InChI is InChI=1S/C19H29NO/c1-20-19(16-8-3-2-4-9-16)14-21-18-12-11-15-7-5-6-10-17(15)13-18/h11-13,16,19-20H,2-10,14H2,1H3. The molecule has 1 saturated carbocycles. The van der Waals surface area contributed by atoms with Gasteiger partial charge in [-0.25, -0.2) is 0 Å². The molecule has 2 nitrogen and oxygen atoms in total. The second-order valence-corrected chi connectivity index (χ2v) is 6.74. The van der Waals surface area contributed by atoms with Crippen LogP contribution in [0.2, 0.25) is 0 Å². The summed E-state index contributed by atoms with van der Waals surface area (Å²) in [6.07, 6.45) is 12.1. The average molecular weight is 287 g/mol. The minimum atomic E-state index is 0.501. The summed E-state index contributed by atoms with van der Waals surface area (Å²) in [4.78, 5) is 0. The molecular formula is C19H29NO. The van der Waals surface area contributed by atoms with E-state index < -0.39 is 0 Å². The summed E-state index contributed by atoms with van der Waals surface area (Å²) in [5.74, 6) is 1.85. The lowest BCUT2D eigenvalue weighted by Crippen LogP contribution is -2.39. The highest BCUT2D eigenvalue weighted by atomic mass is 16.5. The first-order valence-electron chi connectivity index (χ1n) is 8.78. The minimum absolute atomic E-state index is 0.501. The number of benzene rings is 1. The number of aryl methyl sites for hydroxylation is 2. The Kier molecular flexibility index (Phi) is 5.18. The second kappa shape index (κ2) is 7.31. The molecule has 0 bridgehead atoms. The lowest BCUT2D eigenvalue weighted by molar-refractivity contribution is 0.192. The molecule has 0 aromatic heterocycles. The smallest absolute Gasteiger partial charge is 0.119 e. The number of likely N-dealkylation sites (N-methyl/N-ethyl adjacent to an activating group) is 1. The Bertz CT molecular complexity index is 451. The largest absolute Gasteiger partial charge is 0.492 e. The van der Waals surface area contributed by atoms with E-state index in [1.165, 1.54) is 68.9 Å². The highest BCUT2D eigenvalue weighted by molar-refractivity contribution is 5.37. The van der Waals surface area contributed by atoms with Gasteiger partial charge in [-0.1, -0.05) is 25.3 Å². The predicted molar refractivity (Wildman–Crippen MR) is 88.0 cm³/mol. The molecule has 1 aromatic rings. The molecule has 1 fully saturated rings. The van der Waals surface area contributed by atoms with Gasteiger partial charge in [0.25, 0.3) is 0 Å². The Morgan fingerprint density at radius 2 is 1.81 bits per heavy atom. The number of rotatable bonds is 5. The third-order valence-electron chi connectivity index (χ3n) is 5.34. The summed E-state index contributed by atoms with van der Waals surface area (Å²) in [7, 11) is 2.08. The number of nitrogens with one attached hydrogen (secondary N) is 1. The van der Waals surface area contributed by atoms with Crippen molar-refractivity contribution in [3.8, 4) is 5.75 Å². The Morgan fingerprint density at radius 3 is 2.57 bits per heavy atom. The normalized spacial score (nSPS) is 20.8. The summed E-state index contributed by atoms with van der Waals surface area (Å²) in [5, 5.41) is 3.48. The van der Waals surface area contributed by atoms with Gasteiger partial charge in [-0.15, -0.1) is 0 Å². The van der Waals surface area contributed by atoms with Crippen LogP contribution in [-0.2, 0) is 12.8 Å². The van der Waals surface area contributed by atoms with Gasteiger partial charge in [-0.05, 0) is 74.8 Å². The monoisotopic (exact) mass is 287 g/mol. The maximum absolute atomic E-state index is 6.12. The molecule has 1 aromatic carbocycles. The van der Waals surface area contributed by atoms with Crippen molar-refractivity contribution in [3.63, 3.8) is 0 Å². The predicted octanol–water partition coefficient (Wildman–Crippen LogP) is 4.11. The minimum Gasteiger partial charge on any atom is -0.492 e. The van der Waals surface area contributed by atoms with Crippen LogP contribution in [0.3, 0.4) is 0 Å². The van der Waals surface area contributed by atoms with Crippen LogP contribution in [0, 0.1) is 5.92 Å². The van der Waals surface area contributed by atoms with Gasteiger partial charge < -0.3 is 10.1 Å². The van der Waals surface area contributed by atoms with Crippen molar-refractivity contribution in [2.45, 2.75) is 63.8 Å². The molecule has 21 heavy (non-hydrogen) atoms. The van der Waals surface area contributed by atoms with Gasteiger partial charge in [0, 0.05) is 6.04 Å². The SMILES string of the molecule is CNC(COc1ccc2c(c1)CCCC2)C1CCCCC1. The molecule has 0 spiro atoms. The Labute approximate surface area is 129 Å². The van der Waals surface area contributed by atoms with E-state index in [9.17, 15) is 0 Å². The van der Waals surface area contributed by atoms with E-state index in [1.807, 2.05) is 0 Å². The van der Waals surface area contributed by atoms with Gasteiger partial charge in [0.15, 0.2) is 0 Å². The van der Waals surface area contributed by atoms with Crippen LogP contribution in [0.4, 0.5) is 0 Å². The van der Waals surface area contributed by atoms with Crippen molar-refractivity contribution < 1.29 is 4.74 Å². The second-order valence-electron chi connectivity index (χ2n) is 6.74. The summed E-state index contributed by atoms with van der Waals surface area (Å²) < 4.78 is 6.12. The summed E-state index contributed by atoms with van der Waals surface area (Å²) >= 11 is 0. The lowest BCUT2D eigenvalue weighted by Gasteiger charge is -2.30. The molecule has 116 valence electrons. The lowest BCUT2D eigenvalue weighted by atomic mass is 9.84. The fourth-order valence-corrected chi connectivity index (χ4v) is 3.98. The molecule has 1 unspecified atom stereocenters. The zero-order valence-electron chi connectivity index (χ0n) is 13.4. The molecule has 1 N–H and O–H groups in total. The van der Waals surface area contributed by atoms with Crippen LogP contribution in [0.25, 0.3) is 0 Å². The summed E-state index contributed by atoms with van der Waals surface area (Å²) in [6, 6.07) is 7.22. The third-order valence-corrected chi connectivity index (χ3v) is 5.34. The van der Waals surface area contributed by atoms with E-state index in [0.29, 0.717) is 6.04 Å². The van der Waals surface area contributed by atoms with Crippen molar-refractivity contribution in [2.24, 2.45) is 5.92 Å². The van der Waals surface area contributed by atoms with E-state index in [1.54, 1.807) is 0 Å². The molecule has 1 atom stereocenters. The Hall–Kier alpha value is -1.02. The van der Waals surface area contributed by atoms with Gasteiger partial charge >= 0.3 is 0 Å². The molecule has 2 aliphatic carbocycles. The number of ether oxygens (including phenoxy) is 1. The van der Waals surface area contributed by atoms with Crippen molar-refractivity contribution in [1.82, 2.24) is 5.32 Å². The van der Waals surface area contributed by atoms with Crippen molar-refractivity contribution >= 4 is 0 Å². The van der Waals surface area contributed by atoms with Gasteiger partial charge in [-0.3, -0.25) is 0 Å². The molecular weight excluding hydrogens is 258 g/mol. The maximum Gasteiger partial charge on any atom is 0.119 e. The fraction of sp³-hybridized carbons (Fsp3) is 0.684. The number of hydrogen-bond acceptors (Lipinski definition) is 2. The van der Waals surface area contributed by atoms with Gasteiger partial charge in [-0.2, -0.15) is 0 Å². The molecule has 0 heterocycles. The van der Waals surface area contributed by atoms with Crippen LogP contribution in [0.1, 0.15) is 56.1 Å². The van der Waals surface area contributed by atoms with Crippen LogP contribution in [-0.4, -0.2) is 19.7 Å². The van der Waals surface area contributed by atoms with Gasteiger partial charge in [0.1, 0.15) is 12.4 Å². The number of hydrogen-bond donors (Lipinski definition) is 1. The average Bonchev–Trinajstić information content (AvgIpc) is 2.56. The quantitative estimate of drug-likeness (QED) is 0.880. The molecule has 0 aliphatic heterocycles. The molecule has 0 radical (unpaired) electrons. The molecule has 2 aliphatic rings. The molecule has 0 saturated heterocycles. The van der Waals surface area contributed by atoms with Crippen molar-refractivity contribution in [2.75, 3.05) is 13.7 Å². The van der Waals surface area contributed by atoms with Crippen LogP contribution in [0.5, 0.6) is 5.75 Å². The van der Waals surface area contributed by atoms with Gasteiger partial charge in [0.05, 0.1) is 0 Å². The van der Waals surface area contributed by atoms with Crippen molar-refractivity contribution in [1.29, 1.82) is 0 Å². The van der Waals surface area contributed by atoms with E-state index in [0.717, 1.165) is 18.3 Å². The Morgan fingerprint density at radius 1 is 1.05 bits per heavy atom. The van der Waals surface area contributed by atoms with E-state index in [4.69, 9.17) is 4.74 Å². The van der Waals surface area contributed by atoms with Crippen LogP contribution in [0.15, 0.2) is 18.2 Å². The van der Waals surface area contributed by atoms with E-state index in [-0.39, 0.29) is 0 Å². The Balaban J connectivity index is 1.58. The fourth-order valence-electron chi connectivity index (χ4n) is 3.98. The first-order valence-corrected chi connectivity index (χ1v) is 8.78. The van der Waals surface area contributed by atoms with E-state index in [2.05, 4.69) is 30.6 Å². The zero-order valence-corrected chi connectivity index (χ0v) is 13.4. The molecule has 2 heteroatoms.